The summed E-state index contributed by atoms with van der Waals surface area (Å²) in [5.41, 5.74) is 1.57. The summed E-state index contributed by atoms with van der Waals surface area (Å²) in [7, 11) is 0. The first-order valence-corrected chi connectivity index (χ1v) is 7.97. The Hall–Kier alpha value is -1.75. The van der Waals surface area contributed by atoms with Crippen molar-refractivity contribution in [3.63, 3.8) is 0 Å². The fourth-order valence-corrected chi connectivity index (χ4v) is 3.65. The van der Waals surface area contributed by atoms with Crippen LogP contribution in [0.25, 0.3) is 11.2 Å². The molecule has 0 aromatic carbocycles. The van der Waals surface area contributed by atoms with Crippen LogP contribution in [0.5, 0.6) is 0 Å². The molecule has 1 N–H and O–H groups in total. The van der Waals surface area contributed by atoms with Gasteiger partial charge in [-0.2, -0.15) is 0 Å². The van der Waals surface area contributed by atoms with Gasteiger partial charge in [0.15, 0.2) is 5.65 Å². The van der Waals surface area contributed by atoms with Gasteiger partial charge in [-0.1, -0.05) is 12.8 Å². The highest BCUT2D eigenvalue weighted by atomic mass is 15.2. The molecule has 21 heavy (non-hydrogen) atoms. The van der Waals surface area contributed by atoms with Crippen LogP contribution in [0, 0.1) is 0 Å². The first-order chi connectivity index (χ1) is 10.4. The molecule has 0 radical (unpaired) electrons. The highest BCUT2D eigenvalue weighted by Gasteiger charge is 2.29. The number of anilines is 1. The topological polar surface area (TPSA) is 53.9 Å². The second kappa shape index (κ2) is 5.56. The average Bonchev–Trinajstić information content (AvgIpc) is 3.18. The zero-order chi connectivity index (χ0) is 14.1. The Morgan fingerprint density at radius 2 is 1.90 bits per heavy atom. The average molecular weight is 283 g/mol. The summed E-state index contributed by atoms with van der Waals surface area (Å²) >= 11 is 0. The maximum Gasteiger partial charge on any atom is 0.180 e. The molecule has 0 spiro atoms. The van der Waals surface area contributed by atoms with E-state index in [1.54, 1.807) is 12.4 Å². The summed E-state index contributed by atoms with van der Waals surface area (Å²) in [6, 6.07) is 5.33. The third-order valence-corrected chi connectivity index (χ3v) is 4.74. The van der Waals surface area contributed by atoms with Crippen molar-refractivity contribution in [3.05, 3.63) is 24.5 Å². The lowest BCUT2D eigenvalue weighted by molar-refractivity contribution is 0.245. The Balaban J connectivity index is 1.43. The van der Waals surface area contributed by atoms with Crippen LogP contribution in [0.1, 0.15) is 32.1 Å². The highest BCUT2D eigenvalue weighted by molar-refractivity contribution is 5.71. The summed E-state index contributed by atoms with van der Waals surface area (Å²) in [5, 5.41) is 3.57. The zero-order valence-electron chi connectivity index (χ0n) is 12.2. The number of fused-ring (bicyclic) bond motifs is 1. The Labute approximate surface area is 124 Å². The van der Waals surface area contributed by atoms with Gasteiger partial charge in [-0.25, -0.2) is 9.97 Å². The van der Waals surface area contributed by atoms with E-state index in [0.29, 0.717) is 11.7 Å². The van der Waals surface area contributed by atoms with Crippen LogP contribution in [-0.4, -0.2) is 45.0 Å². The van der Waals surface area contributed by atoms with Gasteiger partial charge in [-0.3, -0.25) is 9.88 Å². The molecule has 0 amide bonds. The molecular weight excluding hydrogens is 262 g/mol. The monoisotopic (exact) mass is 283 g/mol. The molecule has 1 aliphatic carbocycles. The van der Waals surface area contributed by atoms with Crippen LogP contribution in [0.2, 0.25) is 0 Å². The number of rotatable bonds is 3. The molecule has 5 heteroatoms. The third-order valence-electron chi connectivity index (χ3n) is 4.74. The molecule has 0 bridgehead atoms. The normalized spacial score (nSPS) is 23.9. The van der Waals surface area contributed by atoms with Gasteiger partial charge in [0.05, 0.1) is 0 Å². The number of nitrogens with one attached hydrogen (secondary N) is 1. The van der Waals surface area contributed by atoms with Gasteiger partial charge < -0.3 is 5.32 Å². The predicted molar refractivity (Wildman–Crippen MR) is 83.2 cm³/mol. The minimum atomic E-state index is 0.507. The lowest BCUT2D eigenvalue weighted by Gasteiger charge is -2.23. The molecule has 2 aliphatic rings. The van der Waals surface area contributed by atoms with E-state index in [0.717, 1.165) is 23.9 Å². The molecule has 2 aromatic heterocycles. The third kappa shape index (κ3) is 2.70. The number of pyridine rings is 1. The highest BCUT2D eigenvalue weighted by Crippen LogP contribution is 2.27. The van der Waals surface area contributed by atoms with Crippen molar-refractivity contribution in [3.8, 4) is 0 Å². The van der Waals surface area contributed by atoms with E-state index >= 15 is 0 Å². The van der Waals surface area contributed by atoms with Gasteiger partial charge in [-0.05, 0) is 31.4 Å². The molecule has 1 unspecified atom stereocenters. The number of hydrogen-bond acceptors (Lipinski definition) is 5. The summed E-state index contributed by atoms with van der Waals surface area (Å²) in [4.78, 5) is 15.7. The van der Waals surface area contributed by atoms with Gasteiger partial charge in [0, 0.05) is 37.6 Å². The lowest BCUT2D eigenvalue weighted by Crippen LogP contribution is -2.33. The molecule has 1 saturated heterocycles. The molecule has 1 saturated carbocycles. The predicted octanol–water partition coefficient (Wildman–Crippen LogP) is 2.45. The quantitative estimate of drug-likeness (QED) is 0.937. The van der Waals surface area contributed by atoms with Crippen molar-refractivity contribution < 1.29 is 0 Å². The molecule has 110 valence electrons. The van der Waals surface area contributed by atoms with Crippen LogP contribution < -0.4 is 5.32 Å². The summed E-state index contributed by atoms with van der Waals surface area (Å²) in [5.74, 6) is 0.918. The van der Waals surface area contributed by atoms with Crippen molar-refractivity contribution in [2.75, 3.05) is 18.4 Å². The number of likely N-dealkylation sites (tertiary alicyclic amines) is 1. The Morgan fingerprint density at radius 1 is 1.05 bits per heavy atom. The van der Waals surface area contributed by atoms with Crippen molar-refractivity contribution >= 4 is 17.0 Å². The number of hydrogen-bond donors (Lipinski definition) is 1. The standard InChI is InChI=1S/C16H21N5/c1-2-4-13(3-1)21-10-7-12(11-21)19-15-6-5-14-16(20-15)18-9-8-17-14/h5-6,8-9,12-13H,1-4,7,10-11H2,(H,18,19,20). The molecule has 3 heterocycles. The van der Waals surface area contributed by atoms with E-state index < -0.39 is 0 Å². The first kappa shape index (κ1) is 13.0. The Bertz CT molecular complexity index is 623. The molecule has 5 nitrogen and oxygen atoms in total. The molecular formula is C16H21N5. The van der Waals surface area contributed by atoms with Gasteiger partial charge in [-0.15, -0.1) is 0 Å². The lowest BCUT2D eigenvalue weighted by atomic mass is 10.2. The number of aromatic nitrogens is 3. The molecule has 4 rings (SSSR count). The fourth-order valence-electron chi connectivity index (χ4n) is 3.65. The smallest absolute Gasteiger partial charge is 0.180 e. The number of nitrogens with zero attached hydrogens (tertiary/aromatic N) is 4. The minimum absolute atomic E-state index is 0.507. The zero-order valence-corrected chi connectivity index (χ0v) is 12.2. The maximum atomic E-state index is 4.56. The molecule has 1 atom stereocenters. The Morgan fingerprint density at radius 3 is 2.81 bits per heavy atom. The van der Waals surface area contributed by atoms with Gasteiger partial charge in [0.25, 0.3) is 0 Å². The molecule has 2 fully saturated rings. The van der Waals surface area contributed by atoms with Crippen LogP contribution >= 0.6 is 0 Å². The van der Waals surface area contributed by atoms with Gasteiger partial charge in [0.1, 0.15) is 11.3 Å². The van der Waals surface area contributed by atoms with E-state index in [4.69, 9.17) is 0 Å². The SMILES string of the molecule is c1cnc2nc(NC3CCN(C4CCCC4)C3)ccc2n1. The van der Waals surface area contributed by atoms with E-state index in [1.165, 1.54) is 38.6 Å². The fraction of sp³-hybridized carbons (Fsp3) is 0.562. The van der Waals surface area contributed by atoms with Gasteiger partial charge in [0.2, 0.25) is 0 Å². The van der Waals surface area contributed by atoms with E-state index in [-0.39, 0.29) is 0 Å². The molecule has 2 aromatic rings. The van der Waals surface area contributed by atoms with Crippen LogP contribution in [0.15, 0.2) is 24.5 Å². The van der Waals surface area contributed by atoms with E-state index in [1.807, 2.05) is 12.1 Å². The summed E-state index contributed by atoms with van der Waals surface area (Å²) in [6.45, 7) is 2.36. The van der Waals surface area contributed by atoms with Crippen LogP contribution in [0.4, 0.5) is 5.82 Å². The maximum absolute atomic E-state index is 4.56. The van der Waals surface area contributed by atoms with E-state index in [2.05, 4.69) is 25.2 Å². The summed E-state index contributed by atoms with van der Waals surface area (Å²) < 4.78 is 0. The van der Waals surface area contributed by atoms with Crippen molar-refractivity contribution in [2.24, 2.45) is 0 Å². The largest absolute Gasteiger partial charge is 0.366 e. The summed E-state index contributed by atoms with van der Waals surface area (Å²) in [6.07, 6.45) is 10.2. The van der Waals surface area contributed by atoms with Crippen LogP contribution in [-0.2, 0) is 0 Å². The second-order valence-corrected chi connectivity index (χ2v) is 6.16. The van der Waals surface area contributed by atoms with Crippen LogP contribution in [0.3, 0.4) is 0 Å². The van der Waals surface area contributed by atoms with Crippen molar-refractivity contribution in [1.29, 1.82) is 0 Å². The van der Waals surface area contributed by atoms with Crippen molar-refractivity contribution in [1.82, 2.24) is 19.9 Å². The second-order valence-electron chi connectivity index (χ2n) is 6.16. The first-order valence-electron chi connectivity index (χ1n) is 7.97. The minimum Gasteiger partial charge on any atom is -0.366 e. The van der Waals surface area contributed by atoms with Gasteiger partial charge >= 0.3 is 0 Å². The Kier molecular flexibility index (Phi) is 3.43. The van der Waals surface area contributed by atoms with E-state index in [9.17, 15) is 0 Å². The van der Waals surface area contributed by atoms with Crippen molar-refractivity contribution in [2.45, 2.75) is 44.2 Å². The molecule has 1 aliphatic heterocycles.